The first-order valence-corrected chi connectivity index (χ1v) is 9.61. The molecule has 4 rings (SSSR count). The minimum absolute atomic E-state index is 0.0633. The van der Waals surface area contributed by atoms with Crippen LogP contribution in [-0.2, 0) is 16.9 Å². The topological polar surface area (TPSA) is 93.0 Å². The second-order valence-electron chi connectivity index (χ2n) is 6.45. The van der Waals surface area contributed by atoms with Crippen LogP contribution in [-0.4, -0.2) is 33.3 Å². The van der Waals surface area contributed by atoms with Crippen LogP contribution in [0.2, 0.25) is 0 Å². The predicted molar refractivity (Wildman–Crippen MR) is 103 cm³/mol. The second kappa shape index (κ2) is 6.75. The van der Waals surface area contributed by atoms with Gasteiger partial charge < -0.3 is 10.1 Å². The fourth-order valence-corrected chi connectivity index (χ4v) is 4.15. The summed E-state index contributed by atoms with van der Waals surface area (Å²) in [5.74, 6) is 0.302. The zero-order valence-electron chi connectivity index (χ0n) is 15.3. The van der Waals surface area contributed by atoms with Gasteiger partial charge in [0.25, 0.3) is 11.5 Å². The van der Waals surface area contributed by atoms with E-state index in [0.29, 0.717) is 28.4 Å². The molecule has 1 fully saturated rings. The Bertz CT molecular complexity index is 1120. The van der Waals surface area contributed by atoms with Gasteiger partial charge in [-0.2, -0.15) is 0 Å². The van der Waals surface area contributed by atoms with E-state index >= 15 is 0 Å². The van der Waals surface area contributed by atoms with Gasteiger partial charge in [0.1, 0.15) is 11.3 Å². The molecule has 9 heteroatoms. The third-order valence-electron chi connectivity index (χ3n) is 4.97. The number of fused-ring (bicyclic) bond motifs is 1. The molecular weight excluding hydrogens is 380 g/mol. The summed E-state index contributed by atoms with van der Waals surface area (Å²) in [5, 5.41) is 4.58. The molecule has 3 heterocycles. The van der Waals surface area contributed by atoms with Crippen LogP contribution >= 0.6 is 11.3 Å². The third kappa shape index (κ3) is 2.75. The van der Waals surface area contributed by atoms with Crippen LogP contribution in [0, 0.1) is 0 Å². The average Bonchev–Trinajstić information content (AvgIpc) is 3.27. The van der Waals surface area contributed by atoms with Gasteiger partial charge >= 0.3 is 6.03 Å². The number of imide groups is 1. The average molecular weight is 398 g/mol. The van der Waals surface area contributed by atoms with E-state index in [4.69, 9.17) is 4.74 Å². The number of urea groups is 1. The summed E-state index contributed by atoms with van der Waals surface area (Å²) >= 11 is 1.32. The number of benzene rings is 1. The Morgan fingerprint density at radius 2 is 1.96 bits per heavy atom. The van der Waals surface area contributed by atoms with Crippen molar-refractivity contribution in [3.05, 3.63) is 63.5 Å². The lowest BCUT2D eigenvalue weighted by molar-refractivity contribution is -0.132. The summed E-state index contributed by atoms with van der Waals surface area (Å²) in [6.07, 6.45) is 2.03. The Labute approximate surface area is 164 Å². The van der Waals surface area contributed by atoms with Gasteiger partial charge in [-0.05, 0) is 24.1 Å². The van der Waals surface area contributed by atoms with Gasteiger partial charge in [-0.25, -0.2) is 9.78 Å². The quantitative estimate of drug-likeness (QED) is 0.665. The molecule has 144 valence electrons. The van der Waals surface area contributed by atoms with Gasteiger partial charge in [-0.3, -0.25) is 18.9 Å². The smallest absolute Gasteiger partial charge is 0.325 e. The van der Waals surface area contributed by atoms with Gasteiger partial charge in [0, 0.05) is 17.6 Å². The molecule has 0 spiro atoms. The maximum Gasteiger partial charge on any atom is 0.325 e. The highest BCUT2D eigenvalue weighted by atomic mass is 32.1. The lowest BCUT2D eigenvalue weighted by Crippen LogP contribution is -2.43. The van der Waals surface area contributed by atoms with Crippen LogP contribution in [0.3, 0.4) is 0 Å². The molecule has 1 aliphatic heterocycles. The Kier molecular flexibility index (Phi) is 4.38. The Balaban J connectivity index is 1.67. The third-order valence-corrected chi connectivity index (χ3v) is 5.72. The fourth-order valence-electron chi connectivity index (χ4n) is 3.42. The van der Waals surface area contributed by atoms with Crippen molar-refractivity contribution < 1.29 is 14.3 Å². The number of thiazole rings is 1. The van der Waals surface area contributed by atoms with E-state index in [1.165, 1.54) is 21.8 Å². The molecule has 3 aromatic rings. The highest BCUT2D eigenvalue weighted by Crippen LogP contribution is 2.34. The summed E-state index contributed by atoms with van der Waals surface area (Å²) in [6.45, 7) is 1.78. The molecule has 0 radical (unpaired) electrons. The van der Waals surface area contributed by atoms with E-state index in [9.17, 15) is 14.4 Å². The Morgan fingerprint density at radius 3 is 2.64 bits per heavy atom. The van der Waals surface area contributed by atoms with E-state index in [-0.39, 0.29) is 18.0 Å². The van der Waals surface area contributed by atoms with E-state index in [0.717, 1.165) is 4.90 Å². The van der Waals surface area contributed by atoms with Crippen LogP contribution in [0.1, 0.15) is 24.6 Å². The maximum absolute atomic E-state index is 13.2. The fraction of sp³-hybridized carbons (Fsp3) is 0.263. The normalized spacial score (nSPS) is 19.3. The number of nitrogens with one attached hydrogen (secondary N) is 1. The van der Waals surface area contributed by atoms with Crippen LogP contribution in [0.15, 0.2) is 46.7 Å². The molecule has 0 aliphatic carbocycles. The first-order chi connectivity index (χ1) is 13.5. The molecule has 1 atom stereocenters. The number of carbonyl (C=O) groups is 2. The summed E-state index contributed by atoms with van der Waals surface area (Å²) in [4.78, 5) is 44.0. The van der Waals surface area contributed by atoms with Crippen molar-refractivity contribution in [1.82, 2.24) is 19.6 Å². The molecule has 1 aromatic carbocycles. The molecule has 28 heavy (non-hydrogen) atoms. The molecule has 1 N–H and O–H groups in total. The van der Waals surface area contributed by atoms with Crippen LogP contribution in [0.4, 0.5) is 4.79 Å². The standard InChI is InChI=1S/C19H18N4O4S/c1-3-19(12-4-6-14(27-2)7-5-12)16(25)23(17(26)21-19)11-13-10-15(24)22-8-9-28-18(22)20-13/h4-10H,3,11H2,1-2H3,(H,21,26)/t19-/m0/s1. The van der Waals surface area contributed by atoms with Crippen molar-refractivity contribution in [3.8, 4) is 5.75 Å². The summed E-state index contributed by atoms with van der Waals surface area (Å²) < 4.78 is 6.59. The summed E-state index contributed by atoms with van der Waals surface area (Å²) in [7, 11) is 1.56. The number of methoxy groups -OCH3 is 1. The van der Waals surface area contributed by atoms with E-state index in [1.807, 2.05) is 6.92 Å². The van der Waals surface area contributed by atoms with Gasteiger partial charge in [0.15, 0.2) is 4.96 Å². The molecule has 1 aliphatic rings. The summed E-state index contributed by atoms with van der Waals surface area (Å²) in [5.41, 5.74) is -0.341. The minimum atomic E-state index is -1.15. The van der Waals surface area contributed by atoms with Crippen molar-refractivity contribution in [2.75, 3.05) is 7.11 Å². The number of rotatable bonds is 5. The lowest BCUT2D eigenvalue weighted by atomic mass is 9.87. The van der Waals surface area contributed by atoms with Crippen LogP contribution in [0.5, 0.6) is 5.75 Å². The number of nitrogens with zero attached hydrogens (tertiary/aromatic N) is 3. The number of hydrogen-bond acceptors (Lipinski definition) is 6. The molecule has 0 unspecified atom stereocenters. The predicted octanol–water partition coefficient (Wildman–Crippen LogP) is 2.12. The van der Waals surface area contributed by atoms with Gasteiger partial charge in [0.2, 0.25) is 0 Å². The van der Waals surface area contributed by atoms with Crippen molar-refractivity contribution in [3.63, 3.8) is 0 Å². The van der Waals surface area contributed by atoms with E-state index < -0.39 is 11.6 Å². The minimum Gasteiger partial charge on any atom is -0.497 e. The summed E-state index contributed by atoms with van der Waals surface area (Å²) in [6, 6.07) is 7.89. The molecule has 0 bridgehead atoms. The zero-order valence-corrected chi connectivity index (χ0v) is 16.2. The number of ether oxygens (including phenoxy) is 1. The lowest BCUT2D eigenvalue weighted by Gasteiger charge is -2.26. The molecular formula is C19H18N4O4S. The molecule has 8 nitrogen and oxygen atoms in total. The van der Waals surface area contributed by atoms with Crippen molar-refractivity contribution in [2.24, 2.45) is 0 Å². The first kappa shape index (κ1) is 18.2. The second-order valence-corrected chi connectivity index (χ2v) is 7.32. The zero-order chi connectivity index (χ0) is 19.9. The maximum atomic E-state index is 13.2. The van der Waals surface area contributed by atoms with Crippen LogP contribution < -0.4 is 15.6 Å². The Morgan fingerprint density at radius 1 is 1.21 bits per heavy atom. The van der Waals surface area contributed by atoms with Crippen molar-refractivity contribution in [2.45, 2.75) is 25.4 Å². The van der Waals surface area contributed by atoms with Gasteiger partial charge in [-0.1, -0.05) is 19.1 Å². The van der Waals surface area contributed by atoms with Gasteiger partial charge in [0.05, 0.1) is 19.3 Å². The number of amides is 3. The first-order valence-electron chi connectivity index (χ1n) is 8.73. The Hall–Kier alpha value is -3.20. The van der Waals surface area contributed by atoms with Crippen molar-refractivity contribution in [1.29, 1.82) is 0 Å². The van der Waals surface area contributed by atoms with Crippen molar-refractivity contribution >= 4 is 28.2 Å². The number of hydrogen-bond donors (Lipinski definition) is 1. The van der Waals surface area contributed by atoms with Crippen LogP contribution in [0.25, 0.3) is 4.96 Å². The molecule has 1 saturated heterocycles. The van der Waals surface area contributed by atoms with E-state index in [2.05, 4.69) is 10.3 Å². The van der Waals surface area contributed by atoms with E-state index in [1.54, 1.807) is 43.0 Å². The monoisotopic (exact) mass is 398 g/mol. The molecule has 0 saturated carbocycles. The molecule has 3 amide bonds. The highest BCUT2D eigenvalue weighted by molar-refractivity contribution is 7.15. The van der Waals surface area contributed by atoms with Gasteiger partial charge in [-0.15, -0.1) is 11.3 Å². The number of carbonyl (C=O) groups excluding carboxylic acids is 2. The molecule has 2 aromatic heterocycles. The SMILES string of the molecule is CC[C@@]1(c2ccc(OC)cc2)NC(=O)N(Cc2cc(=O)n3ccsc3n2)C1=O. The number of aromatic nitrogens is 2. The largest absolute Gasteiger partial charge is 0.497 e. The highest BCUT2D eigenvalue weighted by Gasteiger charge is 2.51.